The first-order chi connectivity index (χ1) is 10.0. The van der Waals surface area contributed by atoms with Gasteiger partial charge in [0.15, 0.2) is 23.1 Å². The van der Waals surface area contributed by atoms with Gasteiger partial charge in [-0.1, -0.05) is 0 Å². The SMILES string of the molecule is COc1cc(OC)c(OC)c(C2CC(C(=O)O)CN2)c1F. The average molecular weight is 299 g/mol. The topological polar surface area (TPSA) is 77.0 Å². The highest BCUT2D eigenvalue weighted by molar-refractivity contribution is 5.71. The molecule has 0 spiro atoms. The molecule has 2 rings (SSSR count). The van der Waals surface area contributed by atoms with E-state index in [0.717, 1.165) is 0 Å². The fourth-order valence-corrected chi connectivity index (χ4v) is 2.58. The molecule has 6 nitrogen and oxygen atoms in total. The Balaban J connectivity index is 2.48. The van der Waals surface area contributed by atoms with Crippen molar-refractivity contribution in [3.05, 3.63) is 17.4 Å². The van der Waals surface area contributed by atoms with Gasteiger partial charge in [-0.3, -0.25) is 4.79 Å². The molecule has 0 amide bonds. The lowest BCUT2D eigenvalue weighted by molar-refractivity contribution is -0.141. The number of carboxylic acids is 1. The summed E-state index contributed by atoms with van der Waals surface area (Å²) in [6.45, 7) is 0.280. The van der Waals surface area contributed by atoms with Crippen LogP contribution in [0.15, 0.2) is 6.07 Å². The smallest absolute Gasteiger partial charge is 0.307 e. The van der Waals surface area contributed by atoms with Crippen molar-refractivity contribution >= 4 is 5.97 Å². The van der Waals surface area contributed by atoms with Crippen LogP contribution in [0.25, 0.3) is 0 Å². The van der Waals surface area contributed by atoms with Crippen LogP contribution in [0, 0.1) is 11.7 Å². The Morgan fingerprint density at radius 2 is 1.95 bits per heavy atom. The molecule has 7 heteroatoms. The number of hydrogen-bond donors (Lipinski definition) is 2. The van der Waals surface area contributed by atoms with Crippen molar-refractivity contribution in [1.29, 1.82) is 0 Å². The van der Waals surface area contributed by atoms with Crippen LogP contribution < -0.4 is 19.5 Å². The molecule has 0 aromatic heterocycles. The molecule has 0 radical (unpaired) electrons. The van der Waals surface area contributed by atoms with Crippen LogP contribution >= 0.6 is 0 Å². The van der Waals surface area contributed by atoms with Crippen LogP contribution in [0.5, 0.6) is 17.2 Å². The molecule has 2 N–H and O–H groups in total. The molecule has 21 heavy (non-hydrogen) atoms. The van der Waals surface area contributed by atoms with Gasteiger partial charge in [-0.15, -0.1) is 0 Å². The summed E-state index contributed by atoms with van der Waals surface area (Å²) in [7, 11) is 4.22. The van der Waals surface area contributed by atoms with E-state index in [1.165, 1.54) is 27.4 Å². The molecule has 116 valence electrons. The number of nitrogens with one attached hydrogen (secondary N) is 1. The number of benzene rings is 1. The van der Waals surface area contributed by atoms with Gasteiger partial charge in [0, 0.05) is 18.7 Å². The van der Waals surface area contributed by atoms with Gasteiger partial charge in [-0.2, -0.15) is 0 Å². The number of rotatable bonds is 5. The molecule has 1 fully saturated rings. The predicted molar refractivity (Wildman–Crippen MR) is 72.5 cm³/mol. The number of carbonyl (C=O) groups is 1. The summed E-state index contributed by atoms with van der Waals surface area (Å²) in [6.07, 6.45) is 0.277. The van der Waals surface area contributed by atoms with Crippen LogP contribution in [0.3, 0.4) is 0 Å². The minimum Gasteiger partial charge on any atom is -0.494 e. The molecule has 1 heterocycles. The molecule has 1 aliphatic rings. The summed E-state index contributed by atoms with van der Waals surface area (Å²) in [6, 6.07) is 0.937. The summed E-state index contributed by atoms with van der Waals surface area (Å²) >= 11 is 0. The Bertz CT molecular complexity index is 549. The lowest BCUT2D eigenvalue weighted by atomic mass is 9.98. The van der Waals surface area contributed by atoms with Crippen molar-refractivity contribution in [1.82, 2.24) is 5.32 Å². The van der Waals surface area contributed by atoms with Crippen molar-refractivity contribution in [2.45, 2.75) is 12.5 Å². The number of hydrogen-bond acceptors (Lipinski definition) is 5. The second-order valence-electron chi connectivity index (χ2n) is 4.77. The number of halogens is 1. The van der Waals surface area contributed by atoms with Gasteiger partial charge < -0.3 is 24.6 Å². The first-order valence-electron chi connectivity index (χ1n) is 6.48. The number of aliphatic carboxylic acids is 1. The molecule has 1 aromatic rings. The van der Waals surface area contributed by atoms with Crippen LogP contribution in [-0.2, 0) is 4.79 Å². The Kier molecular flexibility index (Phi) is 4.52. The largest absolute Gasteiger partial charge is 0.494 e. The van der Waals surface area contributed by atoms with Gasteiger partial charge in [0.1, 0.15) is 0 Å². The van der Waals surface area contributed by atoms with E-state index in [1.807, 2.05) is 0 Å². The van der Waals surface area contributed by atoms with Crippen molar-refractivity contribution in [2.75, 3.05) is 27.9 Å². The van der Waals surface area contributed by atoms with Gasteiger partial charge in [-0.05, 0) is 6.42 Å². The van der Waals surface area contributed by atoms with Crippen molar-refractivity contribution in [3.8, 4) is 17.2 Å². The molecule has 0 aliphatic carbocycles. The second-order valence-corrected chi connectivity index (χ2v) is 4.77. The van der Waals surface area contributed by atoms with Crippen LogP contribution in [0.4, 0.5) is 4.39 Å². The third-order valence-electron chi connectivity index (χ3n) is 3.66. The van der Waals surface area contributed by atoms with E-state index in [2.05, 4.69) is 5.32 Å². The first kappa shape index (κ1) is 15.4. The van der Waals surface area contributed by atoms with E-state index in [-0.39, 0.29) is 30.0 Å². The third kappa shape index (κ3) is 2.73. The second kappa shape index (κ2) is 6.17. The average Bonchev–Trinajstić information content (AvgIpc) is 2.96. The van der Waals surface area contributed by atoms with Crippen molar-refractivity contribution < 1.29 is 28.5 Å². The molecule has 0 saturated carbocycles. The van der Waals surface area contributed by atoms with Gasteiger partial charge in [0.25, 0.3) is 0 Å². The molecular weight excluding hydrogens is 281 g/mol. The van der Waals surface area contributed by atoms with Crippen molar-refractivity contribution in [3.63, 3.8) is 0 Å². The molecule has 1 aliphatic heterocycles. The van der Waals surface area contributed by atoms with E-state index in [4.69, 9.17) is 19.3 Å². The molecule has 1 saturated heterocycles. The zero-order valence-electron chi connectivity index (χ0n) is 12.1. The Labute approximate surface area is 121 Å². The minimum atomic E-state index is -0.903. The molecular formula is C14H18FNO5. The normalized spacial score (nSPS) is 21.1. The Hall–Kier alpha value is -2.02. The molecule has 0 bridgehead atoms. The first-order valence-corrected chi connectivity index (χ1v) is 6.48. The Morgan fingerprint density at radius 1 is 1.29 bits per heavy atom. The summed E-state index contributed by atoms with van der Waals surface area (Å²) in [5.74, 6) is -1.41. The van der Waals surface area contributed by atoms with Crippen LogP contribution in [-0.4, -0.2) is 38.9 Å². The van der Waals surface area contributed by atoms with Gasteiger partial charge in [0.05, 0.1) is 32.8 Å². The zero-order chi connectivity index (χ0) is 15.6. The van der Waals surface area contributed by atoms with Gasteiger partial charge >= 0.3 is 5.97 Å². The fraction of sp³-hybridized carbons (Fsp3) is 0.500. The van der Waals surface area contributed by atoms with Crippen LogP contribution in [0.2, 0.25) is 0 Å². The summed E-state index contributed by atoms with van der Waals surface area (Å²) in [5.41, 5.74) is 0.234. The molecule has 2 atom stereocenters. The summed E-state index contributed by atoms with van der Waals surface area (Å²) in [5, 5.41) is 12.1. The monoisotopic (exact) mass is 299 g/mol. The maximum absolute atomic E-state index is 14.6. The maximum atomic E-state index is 14.6. The number of ether oxygens (including phenoxy) is 3. The quantitative estimate of drug-likeness (QED) is 0.860. The van der Waals surface area contributed by atoms with Gasteiger partial charge in [0.2, 0.25) is 0 Å². The van der Waals surface area contributed by atoms with E-state index in [9.17, 15) is 9.18 Å². The fourth-order valence-electron chi connectivity index (χ4n) is 2.58. The predicted octanol–water partition coefficient (Wildman–Crippen LogP) is 1.59. The minimum absolute atomic E-state index is 0.0308. The molecule has 2 unspecified atom stereocenters. The standard InChI is InChI=1S/C14H18FNO5/c1-19-9-5-10(20-2)13(21-3)11(12(9)15)8-4-7(6-16-8)14(17)18/h5,7-8,16H,4,6H2,1-3H3,(H,17,18). The third-order valence-corrected chi connectivity index (χ3v) is 3.66. The van der Waals surface area contributed by atoms with E-state index >= 15 is 0 Å². The summed E-state index contributed by atoms with van der Waals surface area (Å²) < 4.78 is 30.0. The van der Waals surface area contributed by atoms with Gasteiger partial charge in [-0.25, -0.2) is 4.39 Å². The highest BCUT2D eigenvalue weighted by atomic mass is 19.1. The number of carboxylic acid groups (broad SMARTS) is 1. The lowest BCUT2D eigenvalue weighted by Gasteiger charge is -2.20. The molecule has 1 aromatic carbocycles. The van der Waals surface area contributed by atoms with E-state index in [0.29, 0.717) is 5.75 Å². The highest BCUT2D eigenvalue weighted by Crippen LogP contribution is 2.44. The number of methoxy groups -OCH3 is 3. The van der Waals surface area contributed by atoms with E-state index in [1.54, 1.807) is 0 Å². The Morgan fingerprint density at radius 3 is 2.43 bits per heavy atom. The maximum Gasteiger partial charge on any atom is 0.307 e. The summed E-state index contributed by atoms with van der Waals surface area (Å²) in [4.78, 5) is 11.0. The zero-order valence-corrected chi connectivity index (χ0v) is 12.1. The van der Waals surface area contributed by atoms with Crippen LogP contribution in [0.1, 0.15) is 18.0 Å². The van der Waals surface area contributed by atoms with Crippen molar-refractivity contribution in [2.24, 2.45) is 5.92 Å². The lowest BCUT2D eigenvalue weighted by Crippen LogP contribution is -2.18. The highest BCUT2D eigenvalue weighted by Gasteiger charge is 2.35. The van der Waals surface area contributed by atoms with E-state index < -0.39 is 23.7 Å².